The van der Waals surface area contributed by atoms with Crippen LogP contribution in [-0.2, 0) is 16.0 Å². The van der Waals surface area contributed by atoms with Crippen molar-refractivity contribution in [2.24, 2.45) is 5.73 Å². The lowest BCUT2D eigenvalue weighted by atomic mass is 10.0. The van der Waals surface area contributed by atoms with Gasteiger partial charge in [0, 0.05) is 38.3 Å². The first-order valence-corrected chi connectivity index (χ1v) is 11.3. The second kappa shape index (κ2) is 11.8. The topological polar surface area (TPSA) is 84.6 Å². The quantitative estimate of drug-likeness (QED) is 0.626. The third-order valence-corrected chi connectivity index (χ3v) is 6.82. The van der Waals surface area contributed by atoms with Gasteiger partial charge in [-0.05, 0) is 43.4 Å². The van der Waals surface area contributed by atoms with Crippen LogP contribution in [0.15, 0.2) is 24.5 Å². The number of halogens is 4. The molecule has 0 saturated carbocycles. The Balaban J connectivity index is 0.00000204. The van der Waals surface area contributed by atoms with Gasteiger partial charge in [-0.25, -0.2) is 14.4 Å². The van der Waals surface area contributed by atoms with Gasteiger partial charge in [0.1, 0.15) is 24.1 Å². The lowest BCUT2D eigenvalue weighted by Crippen LogP contribution is -2.57. The number of nitrogens with zero attached hydrogens (tertiary/aromatic N) is 4. The van der Waals surface area contributed by atoms with E-state index in [4.69, 9.17) is 22.1 Å². The number of piperazine rings is 1. The minimum absolute atomic E-state index is 0. The molecule has 1 aliphatic carbocycles. The summed E-state index contributed by atoms with van der Waals surface area (Å²) in [5, 5.41) is 0.0564. The summed E-state index contributed by atoms with van der Waals surface area (Å²) in [6.07, 6.45) is 2.75. The van der Waals surface area contributed by atoms with Crippen LogP contribution in [0.5, 0.6) is 0 Å². The Labute approximate surface area is 217 Å². The molecule has 4 atom stereocenters. The van der Waals surface area contributed by atoms with Gasteiger partial charge in [0.25, 0.3) is 0 Å². The van der Waals surface area contributed by atoms with Crippen LogP contribution in [0.1, 0.15) is 49.1 Å². The van der Waals surface area contributed by atoms with Crippen molar-refractivity contribution >= 4 is 48.1 Å². The van der Waals surface area contributed by atoms with Crippen molar-refractivity contribution in [1.82, 2.24) is 14.9 Å². The van der Waals surface area contributed by atoms with E-state index in [9.17, 15) is 9.18 Å². The largest absolute Gasteiger partial charge is 0.375 e. The Kier molecular flexibility index (Phi) is 9.91. The Hall–Kier alpha value is -1.71. The molecule has 2 N–H and O–H groups in total. The average Bonchev–Trinajstić information content (AvgIpc) is 3.11. The summed E-state index contributed by atoms with van der Waals surface area (Å²) < 4.78 is 19.3. The molecular formula is C23H31Cl3FN5O2. The average molecular weight is 535 g/mol. The molecule has 0 unspecified atom stereocenters. The zero-order valence-corrected chi connectivity index (χ0v) is 21.8. The molecule has 1 saturated heterocycles. The number of hydrogen-bond acceptors (Lipinski definition) is 6. The minimum Gasteiger partial charge on any atom is -0.375 e. The Bertz CT molecular complexity index is 1010. The number of carbonyl (C=O) groups is 1. The fraction of sp³-hybridized carbons (Fsp3) is 0.522. The molecular weight excluding hydrogens is 504 g/mol. The molecule has 2 aromatic rings. The normalized spacial score (nSPS) is 22.5. The molecule has 11 heteroatoms. The van der Waals surface area contributed by atoms with Crippen LogP contribution >= 0.6 is 36.4 Å². The van der Waals surface area contributed by atoms with Gasteiger partial charge in [0.15, 0.2) is 0 Å². The number of carbonyl (C=O) groups excluding carboxylic acids is 1. The van der Waals surface area contributed by atoms with Crippen molar-refractivity contribution in [2.75, 3.05) is 31.6 Å². The Morgan fingerprint density at radius 3 is 2.68 bits per heavy atom. The number of methoxy groups -OCH3 is 1. The van der Waals surface area contributed by atoms with E-state index in [2.05, 4.69) is 28.7 Å². The summed E-state index contributed by atoms with van der Waals surface area (Å²) in [5.41, 5.74) is 8.95. The van der Waals surface area contributed by atoms with Crippen molar-refractivity contribution in [2.45, 2.75) is 50.8 Å². The van der Waals surface area contributed by atoms with E-state index in [-0.39, 0.29) is 54.3 Å². The molecule has 2 aliphatic rings. The number of fused-ring (bicyclic) bond motifs is 1. The van der Waals surface area contributed by atoms with Gasteiger partial charge in [-0.15, -0.1) is 24.8 Å². The Morgan fingerprint density at radius 2 is 2.03 bits per heavy atom. The third-order valence-electron chi connectivity index (χ3n) is 6.51. The molecule has 1 fully saturated rings. The fourth-order valence-electron chi connectivity index (χ4n) is 4.83. The van der Waals surface area contributed by atoms with E-state index >= 15 is 0 Å². The van der Waals surface area contributed by atoms with Crippen LogP contribution in [0, 0.1) is 5.82 Å². The first-order chi connectivity index (χ1) is 15.3. The molecule has 188 valence electrons. The molecule has 7 nitrogen and oxygen atoms in total. The van der Waals surface area contributed by atoms with E-state index in [1.807, 2.05) is 0 Å². The van der Waals surface area contributed by atoms with Gasteiger partial charge in [-0.3, -0.25) is 4.79 Å². The van der Waals surface area contributed by atoms with Gasteiger partial charge in [-0.2, -0.15) is 0 Å². The van der Waals surface area contributed by atoms with Crippen LogP contribution in [0.25, 0.3) is 0 Å². The number of anilines is 1. The highest BCUT2D eigenvalue weighted by atomic mass is 35.5. The summed E-state index contributed by atoms with van der Waals surface area (Å²) in [6.45, 7) is 6.01. The SMILES string of the molecule is CO[C@@H]1C[C@@H](C)c2c1ncnc2N1CCN(C(=O)[C@H](N)Cc2ccc(Cl)c(F)c2)C[C@@H]1C.Cl.Cl. The summed E-state index contributed by atoms with van der Waals surface area (Å²) >= 11 is 5.74. The molecule has 1 aliphatic heterocycles. The second-order valence-electron chi connectivity index (χ2n) is 8.74. The molecule has 1 aromatic carbocycles. The molecule has 2 heterocycles. The van der Waals surface area contributed by atoms with Crippen LogP contribution in [-0.4, -0.2) is 59.6 Å². The zero-order chi connectivity index (χ0) is 23.0. The van der Waals surface area contributed by atoms with Crippen LogP contribution < -0.4 is 10.6 Å². The van der Waals surface area contributed by atoms with Crippen LogP contribution in [0.2, 0.25) is 5.02 Å². The molecule has 4 rings (SSSR count). The highest BCUT2D eigenvalue weighted by molar-refractivity contribution is 6.30. The molecule has 0 bridgehead atoms. The molecule has 34 heavy (non-hydrogen) atoms. The van der Waals surface area contributed by atoms with E-state index in [0.29, 0.717) is 31.1 Å². The smallest absolute Gasteiger partial charge is 0.239 e. The van der Waals surface area contributed by atoms with Gasteiger partial charge in [0.2, 0.25) is 5.91 Å². The summed E-state index contributed by atoms with van der Waals surface area (Å²) in [4.78, 5) is 26.1. The monoisotopic (exact) mass is 533 g/mol. The number of rotatable bonds is 5. The van der Waals surface area contributed by atoms with Gasteiger partial charge in [-0.1, -0.05) is 24.6 Å². The number of amides is 1. The number of ether oxygens (including phenoxy) is 1. The maximum absolute atomic E-state index is 13.7. The van der Waals surface area contributed by atoms with E-state index in [1.54, 1.807) is 24.4 Å². The van der Waals surface area contributed by atoms with E-state index < -0.39 is 11.9 Å². The number of nitrogens with two attached hydrogens (primary N) is 1. The van der Waals surface area contributed by atoms with Crippen molar-refractivity contribution in [1.29, 1.82) is 0 Å². The molecule has 1 aromatic heterocycles. The summed E-state index contributed by atoms with van der Waals surface area (Å²) in [7, 11) is 1.71. The number of benzene rings is 1. The van der Waals surface area contributed by atoms with Crippen molar-refractivity contribution in [3.8, 4) is 0 Å². The van der Waals surface area contributed by atoms with Gasteiger partial charge >= 0.3 is 0 Å². The molecule has 0 radical (unpaired) electrons. The fourth-order valence-corrected chi connectivity index (χ4v) is 4.95. The standard InChI is InChI=1S/C23H29ClFN5O2.2ClH/c1-13-8-19(32-3)21-20(13)22(28-12-27-21)30-7-6-29(11-14(30)2)23(31)18(26)10-15-4-5-16(24)17(25)9-15;;/h4-5,9,12-14,18-19H,6-8,10-11,26H2,1-3H3;2*1H/t13-,14+,18-,19-;;/m1../s1. The highest BCUT2D eigenvalue weighted by Crippen LogP contribution is 2.44. The van der Waals surface area contributed by atoms with Crippen molar-refractivity contribution < 1.29 is 13.9 Å². The Morgan fingerprint density at radius 1 is 1.29 bits per heavy atom. The summed E-state index contributed by atoms with van der Waals surface area (Å²) in [6, 6.07) is 3.85. The van der Waals surface area contributed by atoms with Crippen LogP contribution in [0.4, 0.5) is 10.2 Å². The first kappa shape index (κ1) is 28.5. The first-order valence-electron chi connectivity index (χ1n) is 10.9. The van der Waals surface area contributed by atoms with E-state index in [1.165, 1.54) is 12.1 Å². The predicted molar refractivity (Wildman–Crippen MR) is 136 cm³/mol. The van der Waals surface area contributed by atoms with Crippen molar-refractivity contribution in [3.05, 3.63) is 52.2 Å². The van der Waals surface area contributed by atoms with Crippen LogP contribution in [0.3, 0.4) is 0 Å². The van der Waals surface area contributed by atoms with Crippen molar-refractivity contribution in [3.63, 3.8) is 0 Å². The lowest BCUT2D eigenvalue weighted by molar-refractivity contribution is -0.133. The number of aromatic nitrogens is 2. The summed E-state index contributed by atoms with van der Waals surface area (Å²) in [5.74, 6) is 0.606. The van der Waals surface area contributed by atoms with Gasteiger partial charge in [0.05, 0.1) is 16.8 Å². The van der Waals surface area contributed by atoms with Gasteiger partial charge < -0.3 is 20.3 Å². The predicted octanol–water partition coefficient (Wildman–Crippen LogP) is 3.91. The third kappa shape index (κ3) is 5.57. The maximum Gasteiger partial charge on any atom is 0.239 e. The highest BCUT2D eigenvalue weighted by Gasteiger charge is 2.37. The molecule has 1 amide bonds. The zero-order valence-electron chi connectivity index (χ0n) is 19.4. The van der Waals surface area contributed by atoms with E-state index in [0.717, 1.165) is 23.5 Å². The number of hydrogen-bond donors (Lipinski definition) is 1. The maximum atomic E-state index is 13.7. The lowest BCUT2D eigenvalue weighted by Gasteiger charge is -2.42. The second-order valence-corrected chi connectivity index (χ2v) is 9.15. The minimum atomic E-state index is -0.736. The molecule has 0 spiro atoms.